The molecule has 0 saturated carbocycles. The van der Waals surface area contributed by atoms with Crippen LogP contribution in [0.2, 0.25) is 0 Å². The van der Waals surface area contributed by atoms with Gasteiger partial charge >= 0.3 is 17.4 Å². The Hall–Kier alpha value is -1.91. The van der Waals surface area contributed by atoms with Gasteiger partial charge in [-0.25, -0.2) is 0 Å². The van der Waals surface area contributed by atoms with Gasteiger partial charge in [0.2, 0.25) is 12.7 Å². The van der Waals surface area contributed by atoms with E-state index in [-0.39, 0.29) is 18.3 Å². The first-order valence-corrected chi connectivity index (χ1v) is 6.72. The number of rotatable bonds is 4. The van der Waals surface area contributed by atoms with Gasteiger partial charge in [-0.1, -0.05) is 0 Å². The predicted octanol–water partition coefficient (Wildman–Crippen LogP) is 3.16. The molecule has 0 radical (unpaired) electrons. The highest BCUT2D eigenvalue weighted by molar-refractivity contribution is 8.00. The number of ether oxygens (including phenoxy) is 3. The summed E-state index contributed by atoms with van der Waals surface area (Å²) >= 11 is -0.623. The molecule has 1 aliphatic heterocycles. The van der Waals surface area contributed by atoms with E-state index < -0.39 is 45.7 Å². The van der Waals surface area contributed by atoms with Crippen molar-refractivity contribution in [2.75, 3.05) is 13.9 Å². The minimum Gasteiger partial charge on any atom is -0.507 e. The first-order chi connectivity index (χ1) is 10.6. The molecule has 0 bridgehead atoms. The van der Waals surface area contributed by atoms with Crippen LogP contribution in [-0.4, -0.2) is 36.4 Å². The number of carbonyl (C=O) groups excluding carboxylic acids is 1. The highest BCUT2D eigenvalue weighted by Gasteiger charge is 2.61. The molecule has 1 N–H and O–H groups in total. The molecule has 1 atom stereocenters. The van der Waals surface area contributed by atoms with E-state index in [1.165, 1.54) is 0 Å². The molecule has 5 nitrogen and oxygen atoms in total. The van der Waals surface area contributed by atoms with Crippen molar-refractivity contribution in [2.45, 2.75) is 16.3 Å². The molecule has 0 amide bonds. The molecule has 23 heavy (non-hydrogen) atoms. The fourth-order valence-corrected chi connectivity index (χ4v) is 2.75. The van der Waals surface area contributed by atoms with Crippen LogP contribution in [0.5, 0.6) is 17.2 Å². The number of phenolic OH excluding ortho intramolecular Hbond substituents is 1. The van der Waals surface area contributed by atoms with E-state index in [0.717, 1.165) is 12.1 Å². The van der Waals surface area contributed by atoms with E-state index in [0.29, 0.717) is 7.11 Å². The molecular weight excluding hydrogens is 351 g/mol. The molecule has 1 aliphatic rings. The number of fused-ring (bicyclic) bond motifs is 1. The lowest BCUT2D eigenvalue weighted by Gasteiger charge is -2.26. The van der Waals surface area contributed by atoms with Crippen molar-refractivity contribution in [1.82, 2.24) is 0 Å². The van der Waals surface area contributed by atoms with Crippen molar-refractivity contribution in [3.8, 4) is 17.2 Å². The minimum absolute atomic E-state index is 0.0114. The van der Waals surface area contributed by atoms with Gasteiger partial charge in [-0.2, -0.15) is 22.0 Å². The average Bonchev–Trinajstić information content (AvgIpc) is 2.83. The first kappa shape index (κ1) is 17.4. The van der Waals surface area contributed by atoms with Gasteiger partial charge in [-0.15, -0.1) is 0 Å². The Kier molecular flexibility index (Phi) is 4.51. The van der Waals surface area contributed by atoms with Crippen LogP contribution in [-0.2, 0) is 9.53 Å². The van der Waals surface area contributed by atoms with Gasteiger partial charge in [0.25, 0.3) is 0 Å². The monoisotopic (exact) mass is 360 g/mol. The number of benzene rings is 1. The molecule has 0 spiro atoms. The molecule has 2 rings (SSSR count). The Morgan fingerprint density at radius 1 is 1.26 bits per heavy atom. The lowest BCUT2D eigenvalue weighted by Crippen LogP contribution is -2.43. The molecule has 128 valence electrons. The van der Waals surface area contributed by atoms with Crippen LogP contribution < -0.4 is 9.47 Å². The maximum absolute atomic E-state index is 14.0. The van der Waals surface area contributed by atoms with E-state index in [2.05, 4.69) is 4.74 Å². The van der Waals surface area contributed by atoms with E-state index >= 15 is 0 Å². The van der Waals surface area contributed by atoms with Crippen LogP contribution in [0.4, 0.5) is 22.0 Å². The quantitative estimate of drug-likeness (QED) is 0.506. The van der Waals surface area contributed by atoms with Crippen molar-refractivity contribution in [3.05, 3.63) is 12.1 Å². The number of methoxy groups -OCH3 is 1. The zero-order valence-corrected chi connectivity index (χ0v) is 12.1. The summed E-state index contributed by atoms with van der Waals surface area (Å²) in [6.07, 6.45) is -5.53. The molecule has 1 aromatic carbocycles. The van der Waals surface area contributed by atoms with Crippen LogP contribution >= 0.6 is 11.8 Å². The van der Waals surface area contributed by atoms with Gasteiger partial charge in [-0.3, -0.25) is 4.79 Å². The smallest absolute Gasteiger partial charge is 0.409 e. The summed E-state index contributed by atoms with van der Waals surface area (Å²) in [5.74, 6) is -6.49. The normalized spacial score (nSPS) is 15.4. The van der Waals surface area contributed by atoms with Crippen LogP contribution in [0.3, 0.4) is 0 Å². The summed E-state index contributed by atoms with van der Waals surface area (Å²) in [4.78, 5) is 10.5. The molecule has 0 fully saturated rings. The second kappa shape index (κ2) is 5.95. The van der Waals surface area contributed by atoms with Crippen LogP contribution in [0.15, 0.2) is 17.0 Å². The van der Waals surface area contributed by atoms with Gasteiger partial charge in [0.1, 0.15) is 5.75 Å². The topological polar surface area (TPSA) is 65.0 Å². The first-order valence-electron chi connectivity index (χ1n) is 5.90. The van der Waals surface area contributed by atoms with Gasteiger partial charge < -0.3 is 19.3 Å². The largest absolute Gasteiger partial charge is 0.507 e. The molecule has 0 saturated heterocycles. The number of carbonyl (C=O) groups is 1. The molecular formula is C12H9F5O5S. The lowest BCUT2D eigenvalue weighted by atomic mass is 10.1. The predicted molar refractivity (Wildman–Crippen MR) is 66.6 cm³/mol. The zero-order chi connectivity index (χ0) is 17.4. The number of thioether (sulfide) groups is 1. The standard InChI is InChI=1S/C12H9F5O5S/c1-20-10(19)9(11(13,14)15)12(16,17)23-8-3-7-6(2-5(8)18)21-4-22-7/h2-3,9,18H,4H2,1H3/t9-/m0/s1. The van der Waals surface area contributed by atoms with Gasteiger partial charge in [0, 0.05) is 12.1 Å². The van der Waals surface area contributed by atoms with E-state index in [1.54, 1.807) is 0 Å². The summed E-state index contributed by atoms with van der Waals surface area (Å²) in [5.41, 5.74) is 0. The van der Waals surface area contributed by atoms with Crippen molar-refractivity contribution in [3.63, 3.8) is 0 Å². The van der Waals surface area contributed by atoms with Crippen LogP contribution in [0.1, 0.15) is 0 Å². The number of esters is 1. The van der Waals surface area contributed by atoms with Crippen LogP contribution in [0.25, 0.3) is 0 Å². The van der Waals surface area contributed by atoms with Gasteiger partial charge in [0.05, 0.1) is 12.0 Å². The second-order valence-electron chi connectivity index (χ2n) is 4.33. The van der Waals surface area contributed by atoms with E-state index in [4.69, 9.17) is 9.47 Å². The van der Waals surface area contributed by atoms with Gasteiger partial charge in [-0.05, 0) is 11.8 Å². The average molecular weight is 360 g/mol. The summed E-state index contributed by atoms with van der Waals surface area (Å²) in [6, 6.07) is 1.84. The molecule has 1 heterocycles. The Morgan fingerprint density at radius 3 is 2.35 bits per heavy atom. The Balaban J connectivity index is 2.34. The number of phenols is 1. The lowest BCUT2D eigenvalue weighted by molar-refractivity contribution is -0.224. The second-order valence-corrected chi connectivity index (χ2v) is 5.52. The van der Waals surface area contributed by atoms with Crippen LogP contribution in [0, 0.1) is 5.92 Å². The Morgan fingerprint density at radius 2 is 1.83 bits per heavy atom. The van der Waals surface area contributed by atoms with Crippen molar-refractivity contribution in [2.24, 2.45) is 5.92 Å². The van der Waals surface area contributed by atoms with Gasteiger partial charge in [0.15, 0.2) is 11.5 Å². The van der Waals surface area contributed by atoms with Crippen molar-refractivity contribution < 1.29 is 46.1 Å². The number of halogens is 5. The van der Waals surface area contributed by atoms with Crippen molar-refractivity contribution in [1.29, 1.82) is 0 Å². The van der Waals surface area contributed by atoms with E-state index in [1.807, 2.05) is 0 Å². The SMILES string of the molecule is COC(=O)[C@@H](C(F)(F)F)C(F)(F)Sc1cc2c(cc1O)OCO2. The fraction of sp³-hybridized carbons (Fsp3) is 0.417. The minimum atomic E-state index is -5.53. The highest BCUT2D eigenvalue weighted by Crippen LogP contribution is 2.52. The summed E-state index contributed by atoms with van der Waals surface area (Å²) < 4.78 is 79.9. The molecule has 0 aromatic heterocycles. The van der Waals surface area contributed by atoms with E-state index in [9.17, 15) is 31.9 Å². The summed E-state index contributed by atoms with van der Waals surface area (Å²) in [7, 11) is 0.569. The third-order valence-electron chi connectivity index (χ3n) is 2.80. The Labute approximate surface area is 130 Å². The third-order valence-corrected chi connectivity index (χ3v) is 3.86. The number of aromatic hydroxyl groups is 1. The summed E-state index contributed by atoms with van der Waals surface area (Å²) in [5, 5.41) is 5.02. The molecule has 1 aromatic rings. The summed E-state index contributed by atoms with van der Waals surface area (Å²) in [6.45, 7) is -0.216. The number of hydrogen-bond donors (Lipinski definition) is 1. The molecule has 0 unspecified atom stereocenters. The van der Waals surface area contributed by atoms with Crippen molar-refractivity contribution >= 4 is 17.7 Å². The number of hydrogen-bond acceptors (Lipinski definition) is 6. The molecule has 11 heteroatoms. The maximum Gasteiger partial charge on any atom is 0.409 e. The highest BCUT2D eigenvalue weighted by atomic mass is 32.2. The zero-order valence-electron chi connectivity index (χ0n) is 11.3. The number of alkyl halides is 5. The maximum atomic E-state index is 14.0. The molecule has 0 aliphatic carbocycles. The Bertz CT molecular complexity index is 619. The third kappa shape index (κ3) is 3.54. The fourth-order valence-electron chi connectivity index (χ4n) is 1.78.